The van der Waals surface area contributed by atoms with Crippen LogP contribution in [0.4, 0.5) is 0 Å². The van der Waals surface area contributed by atoms with Crippen molar-refractivity contribution >= 4 is 11.9 Å². The van der Waals surface area contributed by atoms with Crippen LogP contribution >= 0.6 is 0 Å². The summed E-state index contributed by atoms with van der Waals surface area (Å²) in [5, 5.41) is 0. The largest absolute Gasteiger partial charge is 0.463 e. The van der Waals surface area contributed by atoms with Crippen LogP contribution < -0.4 is 0 Å². The smallest absolute Gasteiger partial charge is 0.330 e. The standard InChI is InChI=1S/C28H26O4/c1-3-27(29)31-18-6-7-21-10-14-23(15-11-21)25-8-5-9-26(19-25)24-16-12-22(13-17-24)20-32-28(30)4-2/h3-5,8-17,19H,1-2,6-7,18,20H2. The van der Waals surface area contributed by atoms with Crippen molar-refractivity contribution in [1.29, 1.82) is 0 Å². The van der Waals surface area contributed by atoms with Gasteiger partial charge in [-0.2, -0.15) is 0 Å². The molecule has 0 radical (unpaired) electrons. The van der Waals surface area contributed by atoms with E-state index in [9.17, 15) is 9.59 Å². The Morgan fingerprint density at radius 1 is 0.688 bits per heavy atom. The highest BCUT2D eigenvalue weighted by Gasteiger charge is 2.04. The molecule has 3 aromatic carbocycles. The first-order valence-electron chi connectivity index (χ1n) is 10.5. The Balaban J connectivity index is 1.63. The number of aryl methyl sites for hydroxylation is 1. The SMILES string of the molecule is C=CC(=O)OCCCc1ccc(-c2cccc(-c3ccc(COC(=O)C=C)cc3)c2)cc1. The molecule has 0 aliphatic heterocycles. The highest BCUT2D eigenvalue weighted by molar-refractivity contribution is 5.81. The third kappa shape index (κ3) is 6.54. The van der Waals surface area contributed by atoms with Gasteiger partial charge in [0.2, 0.25) is 0 Å². The van der Waals surface area contributed by atoms with Crippen molar-refractivity contribution in [3.8, 4) is 22.3 Å². The molecule has 0 aromatic heterocycles. The van der Waals surface area contributed by atoms with Crippen molar-refractivity contribution in [3.05, 3.63) is 109 Å². The van der Waals surface area contributed by atoms with E-state index >= 15 is 0 Å². The fourth-order valence-electron chi connectivity index (χ4n) is 3.26. The molecule has 0 saturated carbocycles. The van der Waals surface area contributed by atoms with Crippen LogP contribution in [0, 0.1) is 0 Å². The van der Waals surface area contributed by atoms with Gasteiger partial charge in [-0.1, -0.05) is 79.9 Å². The molecule has 0 aliphatic rings. The summed E-state index contributed by atoms with van der Waals surface area (Å²) in [4.78, 5) is 22.3. The lowest BCUT2D eigenvalue weighted by Crippen LogP contribution is -2.02. The number of rotatable bonds is 10. The molecule has 0 fully saturated rings. The summed E-state index contributed by atoms with van der Waals surface area (Å²) < 4.78 is 10.1. The number of hydrogen-bond donors (Lipinski definition) is 0. The summed E-state index contributed by atoms with van der Waals surface area (Å²) in [5.74, 6) is -0.810. The van der Waals surface area contributed by atoms with Gasteiger partial charge < -0.3 is 9.47 Å². The minimum absolute atomic E-state index is 0.230. The van der Waals surface area contributed by atoms with Gasteiger partial charge in [0, 0.05) is 12.2 Å². The van der Waals surface area contributed by atoms with Gasteiger partial charge in [-0.05, 0) is 52.3 Å². The number of carbonyl (C=O) groups is 2. The molecule has 162 valence electrons. The summed E-state index contributed by atoms with van der Waals surface area (Å²) in [6.07, 6.45) is 3.96. The summed E-state index contributed by atoms with van der Waals surface area (Å²) in [6, 6.07) is 24.8. The van der Waals surface area contributed by atoms with E-state index in [1.54, 1.807) is 0 Å². The van der Waals surface area contributed by atoms with Gasteiger partial charge >= 0.3 is 11.9 Å². The quantitative estimate of drug-likeness (QED) is 0.230. The number of hydrogen-bond acceptors (Lipinski definition) is 4. The average molecular weight is 427 g/mol. The lowest BCUT2D eigenvalue weighted by atomic mass is 9.97. The summed E-state index contributed by atoms with van der Waals surface area (Å²) >= 11 is 0. The Labute approximate surface area is 188 Å². The molecule has 0 N–H and O–H groups in total. The maximum atomic E-state index is 11.2. The van der Waals surface area contributed by atoms with Gasteiger partial charge in [0.15, 0.2) is 0 Å². The molecule has 0 saturated heterocycles. The molecule has 3 aromatic rings. The zero-order chi connectivity index (χ0) is 22.8. The van der Waals surface area contributed by atoms with Crippen molar-refractivity contribution in [2.24, 2.45) is 0 Å². The zero-order valence-corrected chi connectivity index (χ0v) is 18.0. The van der Waals surface area contributed by atoms with Crippen molar-refractivity contribution in [3.63, 3.8) is 0 Å². The normalized spacial score (nSPS) is 10.2. The Hall–Kier alpha value is -3.92. The van der Waals surface area contributed by atoms with E-state index in [0.717, 1.165) is 46.7 Å². The predicted octanol–water partition coefficient (Wildman–Crippen LogP) is 5.91. The van der Waals surface area contributed by atoms with Crippen LogP contribution in [0.5, 0.6) is 0 Å². The summed E-state index contributed by atoms with van der Waals surface area (Å²) in [6.45, 7) is 7.41. The van der Waals surface area contributed by atoms with Crippen LogP contribution in [-0.2, 0) is 32.1 Å². The van der Waals surface area contributed by atoms with E-state index in [2.05, 4.69) is 55.6 Å². The molecule has 32 heavy (non-hydrogen) atoms. The van der Waals surface area contributed by atoms with E-state index in [4.69, 9.17) is 9.47 Å². The molecule has 0 heterocycles. The van der Waals surface area contributed by atoms with Crippen LogP contribution in [-0.4, -0.2) is 18.5 Å². The Kier molecular flexibility index (Phi) is 8.15. The van der Waals surface area contributed by atoms with Gasteiger partial charge in [-0.3, -0.25) is 0 Å². The molecule has 4 nitrogen and oxygen atoms in total. The molecular formula is C28H26O4. The van der Waals surface area contributed by atoms with Crippen LogP contribution in [0.25, 0.3) is 22.3 Å². The van der Waals surface area contributed by atoms with Crippen LogP contribution in [0.15, 0.2) is 98.1 Å². The molecule has 0 unspecified atom stereocenters. The summed E-state index contributed by atoms with van der Waals surface area (Å²) in [7, 11) is 0. The third-order valence-corrected chi connectivity index (χ3v) is 5.01. The lowest BCUT2D eigenvalue weighted by molar-refractivity contribution is -0.139. The average Bonchev–Trinajstić information content (AvgIpc) is 2.85. The molecule has 0 bridgehead atoms. The molecule has 0 amide bonds. The Morgan fingerprint density at radius 2 is 1.22 bits per heavy atom. The van der Waals surface area contributed by atoms with Gasteiger partial charge in [0.25, 0.3) is 0 Å². The van der Waals surface area contributed by atoms with Crippen LogP contribution in [0.2, 0.25) is 0 Å². The van der Waals surface area contributed by atoms with E-state index in [0.29, 0.717) is 6.61 Å². The fraction of sp³-hybridized carbons (Fsp3) is 0.143. The number of benzene rings is 3. The first-order valence-corrected chi connectivity index (χ1v) is 10.5. The van der Waals surface area contributed by atoms with E-state index in [-0.39, 0.29) is 12.6 Å². The minimum atomic E-state index is -0.427. The summed E-state index contributed by atoms with van der Waals surface area (Å²) in [5.41, 5.74) is 6.61. The highest BCUT2D eigenvalue weighted by Crippen LogP contribution is 2.27. The van der Waals surface area contributed by atoms with E-state index in [1.165, 1.54) is 11.6 Å². The van der Waals surface area contributed by atoms with Gasteiger partial charge in [0.1, 0.15) is 6.61 Å². The topological polar surface area (TPSA) is 52.6 Å². The van der Waals surface area contributed by atoms with Crippen LogP contribution in [0.1, 0.15) is 17.5 Å². The van der Waals surface area contributed by atoms with Crippen molar-refractivity contribution in [2.45, 2.75) is 19.4 Å². The maximum absolute atomic E-state index is 11.2. The molecule has 0 atom stereocenters. The maximum Gasteiger partial charge on any atom is 0.330 e. The van der Waals surface area contributed by atoms with Gasteiger partial charge in [-0.25, -0.2) is 9.59 Å². The third-order valence-electron chi connectivity index (χ3n) is 5.01. The second-order valence-corrected chi connectivity index (χ2v) is 7.26. The fourth-order valence-corrected chi connectivity index (χ4v) is 3.26. The number of esters is 2. The Bertz CT molecular complexity index is 1080. The van der Waals surface area contributed by atoms with Crippen molar-refractivity contribution in [2.75, 3.05) is 6.61 Å². The molecular weight excluding hydrogens is 400 g/mol. The van der Waals surface area contributed by atoms with Crippen molar-refractivity contribution < 1.29 is 19.1 Å². The van der Waals surface area contributed by atoms with E-state index in [1.807, 2.05) is 30.3 Å². The van der Waals surface area contributed by atoms with Crippen LogP contribution in [0.3, 0.4) is 0 Å². The molecule has 4 heteroatoms. The molecule has 3 rings (SSSR count). The lowest BCUT2D eigenvalue weighted by Gasteiger charge is -2.09. The highest BCUT2D eigenvalue weighted by atomic mass is 16.5. The Morgan fingerprint density at radius 3 is 1.78 bits per heavy atom. The predicted molar refractivity (Wildman–Crippen MR) is 127 cm³/mol. The molecule has 0 aliphatic carbocycles. The van der Waals surface area contributed by atoms with E-state index < -0.39 is 5.97 Å². The molecule has 0 spiro atoms. The first-order chi connectivity index (χ1) is 15.6. The first kappa shape index (κ1) is 22.8. The van der Waals surface area contributed by atoms with Crippen molar-refractivity contribution in [1.82, 2.24) is 0 Å². The van der Waals surface area contributed by atoms with Gasteiger partial charge in [-0.15, -0.1) is 0 Å². The minimum Gasteiger partial charge on any atom is -0.463 e. The number of carbonyl (C=O) groups excluding carboxylic acids is 2. The number of ether oxygens (including phenoxy) is 2. The zero-order valence-electron chi connectivity index (χ0n) is 18.0. The second-order valence-electron chi connectivity index (χ2n) is 7.26. The second kappa shape index (κ2) is 11.5. The van der Waals surface area contributed by atoms with Gasteiger partial charge in [0.05, 0.1) is 6.61 Å². The monoisotopic (exact) mass is 426 g/mol.